The summed E-state index contributed by atoms with van der Waals surface area (Å²) in [6.07, 6.45) is 4.63. The number of carboxylic acid groups (broad SMARTS) is 1. The molecule has 0 amide bonds. The number of carbonyl (C=O) groups is 1. The maximum Gasteiger partial charge on any atom is 0.335 e. The number of hydrogen-bond donors (Lipinski definition) is 1. The first-order valence-electron chi connectivity index (χ1n) is 10.8. The number of fused-ring (bicyclic) bond motifs is 1. The Balaban J connectivity index is 1.30. The first kappa shape index (κ1) is 20.0. The molecule has 0 radical (unpaired) electrons. The molecule has 1 saturated heterocycles. The molecule has 0 unspecified atom stereocenters. The van der Waals surface area contributed by atoms with Crippen LogP contribution in [0.1, 0.15) is 45.8 Å². The number of hydrogen-bond acceptors (Lipinski definition) is 3. The average Bonchev–Trinajstić information content (AvgIpc) is 3.43. The molecule has 5 rings (SSSR count). The zero-order valence-electron chi connectivity index (χ0n) is 17.4. The van der Waals surface area contributed by atoms with Crippen molar-refractivity contribution in [3.63, 3.8) is 0 Å². The van der Waals surface area contributed by atoms with Gasteiger partial charge in [-0.2, -0.15) is 11.3 Å². The second kappa shape index (κ2) is 8.69. The molecule has 0 bridgehead atoms. The van der Waals surface area contributed by atoms with Crippen LogP contribution >= 0.6 is 11.3 Å². The molecule has 1 aliphatic rings. The zero-order valence-corrected chi connectivity index (χ0v) is 18.2. The molecule has 4 aromatic rings. The van der Waals surface area contributed by atoms with Crippen LogP contribution in [0.5, 0.6) is 0 Å². The van der Waals surface area contributed by atoms with Crippen LogP contribution in [0.2, 0.25) is 0 Å². The number of thiophene rings is 1. The van der Waals surface area contributed by atoms with E-state index in [0.717, 1.165) is 44.6 Å². The lowest BCUT2D eigenvalue weighted by Crippen LogP contribution is -2.32. The summed E-state index contributed by atoms with van der Waals surface area (Å²) in [5.74, 6) is -0.297. The Morgan fingerprint density at radius 2 is 1.84 bits per heavy atom. The predicted octanol–water partition coefficient (Wildman–Crippen LogP) is 5.83. The summed E-state index contributed by atoms with van der Waals surface area (Å²) in [4.78, 5) is 13.7. The van der Waals surface area contributed by atoms with Crippen LogP contribution in [0.3, 0.4) is 0 Å². The van der Waals surface area contributed by atoms with Gasteiger partial charge in [0.1, 0.15) is 0 Å². The number of para-hydroxylation sites is 1. The molecule has 0 aliphatic carbocycles. The molecule has 2 aromatic heterocycles. The van der Waals surface area contributed by atoms with Crippen molar-refractivity contribution in [1.82, 2.24) is 9.47 Å². The van der Waals surface area contributed by atoms with Gasteiger partial charge in [0.05, 0.1) is 5.56 Å². The van der Waals surface area contributed by atoms with E-state index >= 15 is 0 Å². The molecular formula is C26H26N2O2S. The Kier molecular flexibility index (Phi) is 5.62. The first-order valence-corrected chi connectivity index (χ1v) is 11.7. The van der Waals surface area contributed by atoms with Crippen LogP contribution in [0.25, 0.3) is 10.9 Å². The van der Waals surface area contributed by atoms with E-state index < -0.39 is 5.97 Å². The summed E-state index contributed by atoms with van der Waals surface area (Å²) < 4.78 is 2.40. The fourth-order valence-electron chi connectivity index (χ4n) is 4.77. The maximum atomic E-state index is 11.2. The van der Waals surface area contributed by atoms with Crippen LogP contribution < -0.4 is 0 Å². The first-order chi connectivity index (χ1) is 15.2. The van der Waals surface area contributed by atoms with Crippen molar-refractivity contribution in [2.24, 2.45) is 0 Å². The summed E-state index contributed by atoms with van der Waals surface area (Å²) in [5.41, 5.74) is 5.59. The third kappa shape index (κ3) is 4.29. The molecule has 1 aliphatic heterocycles. The topological polar surface area (TPSA) is 45.5 Å². The summed E-state index contributed by atoms with van der Waals surface area (Å²) in [7, 11) is 0. The minimum Gasteiger partial charge on any atom is -0.478 e. The summed E-state index contributed by atoms with van der Waals surface area (Å²) in [5, 5.41) is 15.0. The van der Waals surface area contributed by atoms with Crippen molar-refractivity contribution in [2.45, 2.75) is 31.8 Å². The minimum absolute atomic E-state index is 0.366. The van der Waals surface area contributed by atoms with E-state index in [-0.39, 0.29) is 0 Å². The lowest BCUT2D eigenvalue weighted by molar-refractivity contribution is 0.0696. The van der Waals surface area contributed by atoms with E-state index in [9.17, 15) is 9.90 Å². The molecule has 31 heavy (non-hydrogen) atoms. The van der Waals surface area contributed by atoms with Crippen molar-refractivity contribution >= 4 is 28.2 Å². The van der Waals surface area contributed by atoms with E-state index in [4.69, 9.17) is 0 Å². The van der Waals surface area contributed by atoms with Crippen molar-refractivity contribution < 1.29 is 9.90 Å². The van der Waals surface area contributed by atoms with Crippen LogP contribution in [-0.4, -0.2) is 33.6 Å². The predicted molar refractivity (Wildman–Crippen MR) is 126 cm³/mol. The number of aromatic nitrogens is 1. The van der Waals surface area contributed by atoms with E-state index in [1.807, 2.05) is 12.1 Å². The summed E-state index contributed by atoms with van der Waals surface area (Å²) in [6.45, 7) is 3.80. The van der Waals surface area contributed by atoms with Gasteiger partial charge in [-0.25, -0.2) is 4.79 Å². The van der Waals surface area contributed by atoms with Gasteiger partial charge >= 0.3 is 5.97 Å². The third-order valence-corrected chi connectivity index (χ3v) is 7.09. The highest BCUT2D eigenvalue weighted by Crippen LogP contribution is 2.35. The number of piperidine rings is 1. The highest BCUT2D eigenvalue weighted by atomic mass is 32.1. The zero-order chi connectivity index (χ0) is 21.2. The van der Waals surface area contributed by atoms with Crippen LogP contribution in [0.4, 0.5) is 0 Å². The number of aromatic carboxylic acids is 1. The Morgan fingerprint density at radius 1 is 1.00 bits per heavy atom. The molecule has 5 heteroatoms. The van der Waals surface area contributed by atoms with Crippen LogP contribution in [0.15, 0.2) is 71.6 Å². The molecule has 158 valence electrons. The highest BCUT2D eigenvalue weighted by molar-refractivity contribution is 7.07. The van der Waals surface area contributed by atoms with Gasteiger partial charge in [0.25, 0.3) is 0 Å². The average molecular weight is 431 g/mol. The number of carboxylic acids is 1. The lowest BCUT2D eigenvalue weighted by atomic mass is 9.89. The fraction of sp³-hybridized carbons (Fsp3) is 0.269. The van der Waals surface area contributed by atoms with Gasteiger partial charge < -0.3 is 9.67 Å². The monoisotopic (exact) mass is 430 g/mol. The van der Waals surface area contributed by atoms with Gasteiger partial charge in [0, 0.05) is 30.2 Å². The number of benzene rings is 2. The molecule has 0 atom stereocenters. The van der Waals surface area contributed by atoms with Gasteiger partial charge in [-0.15, -0.1) is 0 Å². The SMILES string of the molecule is O=C(O)c1cccc(CN2CCC(c3cn(Cc4ccsc4)c4ccccc34)CC2)c1. The lowest BCUT2D eigenvalue weighted by Gasteiger charge is -2.32. The highest BCUT2D eigenvalue weighted by Gasteiger charge is 2.24. The third-order valence-electron chi connectivity index (χ3n) is 6.36. The second-order valence-electron chi connectivity index (χ2n) is 8.42. The van der Waals surface area contributed by atoms with Crippen LogP contribution in [0, 0.1) is 0 Å². The van der Waals surface area contributed by atoms with Gasteiger partial charge in [-0.1, -0.05) is 30.3 Å². The van der Waals surface area contributed by atoms with Gasteiger partial charge in [-0.3, -0.25) is 4.90 Å². The Bertz CT molecular complexity index is 1190. The second-order valence-corrected chi connectivity index (χ2v) is 9.20. The Labute approximate surface area is 186 Å². The van der Waals surface area contributed by atoms with Gasteiger partial charge in [-0.05, 0) is 83.6 Å². The molecule has 1 N–H and O–H groups in total. The minimum atomic E-state index is -0.862. The van der Waals surface area contributed by atoms with Crippen LogP contribution in [-0.2, 0) is 13.1 Å². The largest absolute Gasteiger partial charge is 0.478 e. The quantitative estimate of drug-likeness (QED) is 0.419. The maximum absolute atomic E-state index is 11.2. The van der Waals surface area contributed by atoms with E-state index in [1.54, 1.807) is 23.5 Å². The molecular weight excluding hydrogens is 404 g/mol. The standard InChI is InChI=1S/C26H26N2O2S/c29-26(30)22-5-3-4-19(14-22)15-27-11-8-21(9-12-27)24-17-28(16-20-10-13-31-18-20)25-7-2-1-6-23(24)25/h1-7,10,13-14,17-18,21H,8-9,11-12,15-16H2,(H,29,30). The summed E-state index contributed by atoms with van der Waals surface area (Å²) >= 11 is 1.75. The normalized spacial score (nSPS) is 15.5. The fourth-order valence-corrected chi connectivity index (χ4v) is 5.43. The summed E-state index contributed by atoms with van der Waals surface area (Å²) in [6, 6.07) is 18.3. The molecule has 0 saturated carbocycles. The van der Waals surface area contributed by atoms with Crippen molar-refractivity contribution in [3.8, 4) is 0 Å². The molecule has 2 aromatic carbocycles. The Hall–Kier alpha value is -2.89. The van der Waals surface area contributed by atoms with Crippen molar-refractivity contribution in [3.05, 3.63) is 93.8 Å². The molecule has 1 fully saturated rings. The molecule has 4 nitrogen and oxygen atoms in total. The smallest absolute Gasteiger partial charge is 0.335 e. The number of rotatable bonds is 6. The number of nitrogens with zero attached hydrogens (tertiary/aromatic N) is 2. The van der Waals surface area contributed by atoms with E-state index in [2.05, 4.69) is 56.8 Å². The van der Waals surface area contributed by atoms with E-state index in [1.165, 1.54) is 22.0 Å². The van der Waals surface area contributed by atoms with Crippen molar-refractivity contribution in [2.75, 3.05) is 13.1 Å². The molecule has 0 spiro atoms. The van der Waals surface area contributed by atoms with Gasteiger partial charge in [0.15, 0.2) is 0 Å². The number of likely N-dealkylation sites (tertiary alicyclic amines) is 1. The molecule has 3 heterocycles. The Morgan fingerprint density at radius 3 is 2.61 bits per heavy atom. The van der Waals surface area contributed by atoms with E-state index in [0.29, 0.717) is 11.5 Å². The van der Waals surface area contributed by atoms with Gasteiger partial charge in [0.2, 0.25) is 0 Å². The van der Waals surface area contributed by atoms with Crippen molar-refractivity contribution in [1.29, 1.82) is 0 Å².